The lowest BCUT2D eigenvalue weighted by atomic mass is 10.1. The molecule has 1 aliphatic rings. The Balaban J connectivity index is 1.84. The highest BCUT2D eigenvalue weighted by molar-refractivity contribution is 7.16. The maximum atomic E-state index is 5.63. The number of nitrogens with two attached hydrogens (primary N) is 1. The standard InChI is InChI=1S/C11H17N5O2S/c1-17-8(5-12)4-9-15-16-10(7-2-3-18-6-7)13-14-11(16)19-9/h7-8H,2-6,12H2,1H3. The molecule has 0 aliphatic carbocycles. The first-order chi connectivity index (χ1) is 9.31. The molecule has 0 saturated carbocycles. The van der Waals surface area contributed by atoms with Crippen molar-refractivity contribution in [2.75, 3.05) is 26.9 Å². The molecule has 8 heteroatoms. The molecule has 2 N–H and O–H groups in total. The van der Waals surface area contributed by atoms with Crippen molar-refractivity contribution < 1.29 is 9.47 Å². The van der Waals surface area contributed by atoms with Crippen molar-refractivity contribution >= 4 is 16.3 Å². The molecule has 2 aromatic rings. The fourth-order valence-corrected chi connectivity index (χ4v) is 3.11. The van der Waals surface area contributed by atoms with Gasteiger partial charge in [0.15, 0.2) is 5.82 Å². The van der Waals surface area contributed by atoms with Crippen molar-refractivity contribution in [2.45, 2.75) is 24.9 Å². The first-order valence-corrected chi connectivity index (χ1v) is 7.15. The lowest BCUT2D eigenvalue weighted by Gasteiger charge is -2.09. The van der Waals surface area contributed by atoms with Crippen LogP contribution in [0.1, 0.15) is 23.2 Å². The van der Waals surface area contributed by atoms with Gasteiger partial charge in [-0.25, -0.2) is 0 Å². The second-order valence-corrected chi connectivity index (χ2v) is 5.65. The summed E-state index contributed by atoms with van der Waals surface area (Å²) in [6.45, 7) is 1.98. The summed E-state index contributed by atoms with van der Waals surface area (Å²) in [5, 5.41) is 14.0. The van der Waals surface area contributed by atoms with E-state index < -0.39 is 0 Å². The van der Waals surface area contributed by atoms with Gasteiger partial charge in [-0.15, -0.1) is 10.2 Å². The number of hydrogen-bond donors (Lipinski definition) is 1. The van der Waals surface area contributed by atoms with E-state index in [1.54, 1.807) is 7.11 Å². The van der Waals surface area contributed by atoms with Crippen LogP contribution in [0.25, 0.3) is 4.96 Å². The molecule has 0 radical (unpaired) electrons. The van der Waals surface area contributed by atoms with Gasteiger partial charge in [0.2, 0.25) is 4.96 Å². The van der Waals surface area contributed by atoms with E-state index in [0.717, 1.165) is 28.8 Å². The summed E-state index contributed by atoms with van der Waals surface area (Å²) in [5.41, 5.74) is 5.63. The average Bonchev–Trinajstić information content (AvgIpc) is 3.11. The van der Waals surface area contributed by atoms with Crippen LogP contribution in [-0.2, 0) is 15.9 Å². The molecule has 1 saturated heterocycles. The normalized spacial score (nSPS) is 21.3. The van der Waals surface area contributed by atoms with Crippen molar-refractivity contribution in [1.82, 2.24) is 19.8 Å². The van der Waals surface area contributed by atoms with Crippen LogP contribution in [0.5, 0.6) is 0 Å². The van der Waals surface area contributed by atoms with E-state index in [4.69, 9.17) is 15.2 Å². The summed E-state index contributed by atoms with van der Waals surface area (Å²) in [7, 11) is 1.67. The topological polar surface area (TPSA) is 87.6 Å². The summed E-state index contributed by atoms with van der Waals surface area (Å²) >= 11 is 1.54. The maximum Gasteiger partial charge on any atom is 0.234 e. The zero-order valence-electron chi connectivity index (χ0n) is 10.8. The van der Waals surface area contributed by atoms with Gasteiger partial charge >= 0.3 is 0 Å². The van der Waals surface area contributed by atoms with Gasteiger partial charge in [0, 0.05) is 32.6 Å². The molecule has 3 rings (SSSR count). The molecule has 19 heavy (non-hydrogen) atoms. The van der Waals surface area contributed by atoms with E-state index in [1.807, 2.05) is 4.52 Å². The fraction of sp³-hybridized carbons (Fsp3) is 0.727. The summed E-state index contributed by atoms with van der Waals surface area (Å²) in [6, 6.07) is 0. The Morgan fingerprint density at radius 1 is 1.58 bits per heavy atom. The van der Waals surface area contributed by atoms with Crippen LogP contribution >= 0.6 is 11.3 Å². The summed E-state index contributed by atoms with van der Waals surface area (Å²) < 4.78 is 12.5. The lowest BCUT2D eigenvalue weighted by Crippen LogP contribution is -2.24. The van der Waals surface area contributed by atoms with E-state index in [0.29, 0.717) is 25.5 Å². The third-order valence-electron chi connectivity index (χ3n) is 3.35. The van der Waals surface area contributed by atoms with E-state index in [2.05, 4.69) is 15.3 Å². The van der Waals surface area contributed by atoms with Gasteiger partial charge in [-0.1, -0.05) is 11.3 Å². The van der Waals surface area contributed by atoms with Gasteiger partial charge in [0.1, 0.15) is 5.01 Å². The SMILES string of the molecule is COC(CN)Cc1nn2c(C3CCOC3)nnc2s1. The Morgan fingerprint density at radius 2 is 2.47 bits per heavy atom. The molecule has 1 fully saturated rings. The fourth-order valence-electron chi connectivity index (χ4n) is 2.20. The number of nitrogens with zero attached hydrogens (tertiary/aromatic N) is 4. The van der Waals surface area contributed by atoms with Crippen LogP contribution < -0.4 is 5.73 Å². The lowest BCUT2D eigenvalue weighted by molar-refractivity contribution is 0.110. The Morgan fingerprint density at radius 3 is 3.16 bits per heavy atom. The van der Waals surface area contributed by atoms with Crippen LogP contribution in [0.4, 0.5) is 0 Å². The van der Waals surface area contributed by atoms with Crippen LogP contribution in [0.2, 0.25) is 0 Å². The van der Waals surface area contributed by atoms with E-state index in [9.17, 15) is 0 Å². The molecular weight excluding hydrogens is 266 g/mol. The zero-order valence-corrected chi connectivity index (χ0v) is 11.6. The second kappa shape index (κ2) is 5.49. The number of aromatic nitrogens is 4. The molecule has 1 aliphatic heterocycles. The van der Waals surface area contributed by atoms with Crippen LogP contribution in [0.3, 0.4) is 0 Å². The highest BCUT2D eigenvalue weighted by Crippen LogP contribution is 2.25. The summed E-state index contributed by atoms with van der Waals surface area (Å²) in [5.74, 6) is 1.20. The molecule has 104 valence electrons. The van der Waals surface area contributed by atoms with Gasteiger partial charge in [0.05, 0.1) is 12.7 Å². The third-order valence-corrected chi connectivity index (χ3v) is 4.27. The summed E-state index contributed by atoms with van der Waals surface area (Å²) in [4.78, 5) is 0.823. The van der Waals surface area contributed by atoms with Gasteiger partial charge in [-0.05, 0) is 6.42 Å². The second-order valence-electron chi connectivity index (χ2n) is 4.61. The Kier molecular flexibility index (Phi) is 3.74. The largest absolute Gasteiger partial charge is 0.381 e. The van der Waals surface area contributed by atoms with E-state index >= 15 is 0 Å². The quantitative estimate of drug-likeness (QED) is 0.843. The third kappa shape index (κ3) is 2.48. The van der Waals surface area contributed by atoms with Crippen molar-refractivity contribution in [3.63, 3.8) is 0 Å². The molecule has 0 spiro atoms. The predicted octanol–water partition coefficient (Wildman–Crippen LogP) is 0.206. The first kappa shape index (κ1) is 12.9. The van der Waals surface area contributed by atoms with Crippen molar-refractivity contribution in [2.24, 2.45) is 5.73 Å². The molecule has 0 bridgehead atoms. The predicted molar refractivity (Wildman–Crippen MR) is 70.4 cm³/mol. The molecule has 0 amide bonds. The Hall–Kier alpha value is -1.09. The first-order valence-electron chi connectivity index (χ1n) is 6.33. The highest BCUT2D eigenvalue weighted by Gasteiger charge is 2.25. The molecule has 2 aromatic heterocycles. The van der Waals surface area contributed by atoms with Crippen molar-refractivity contribution in [3.05, 3.63) is 10.8 Å². The van der Waals surface area contributed by atoms with Gasteiger partial charge in [-0.3, -0.25) is 0 Å². The average molecular weight is 283 g/mol. The number of hydrogen-bond acceptors (Lipinski definition) is 7. The minimum Gasteiger partial charge on any atom is -0.381 e. The van der Waals surface area contributed by atoms with Gasteiger partial charge in [-0.2, -0.15) is 9.61 Å². The zero-order chi connectivity index (χ0) is 13.2. The smallest absolute Gasteiger partial charge is 0.234 e. The van der Waals surface area contributed by atoms with Crippen molar-refractivity contribution in [3.8, 4) is 0 Å². The number of fused-ring (bicyclic) bond motifs is 1. The van der Waals surface area contributed by atoms with Crippen LogP contribution in [0.15, 0.2) is 0 Å². The minimum atomic E-state index is 0.00193. The number of ether oxygens (including phenoxy) is 2. The number of methoxy groups -OCH3 is 1. The molecular formula is C11H17N5O2S. The van der Waals surface area contributed by atoms with E-state index in [1.165, 1.54) is 11.3 Å². The minimum absolute atomic E-state index is 0.00193. The van der Waals surface area contributed by atoms with Gasteiger partial charge < -0.3 is 15.2 Å². The Labute approximate surface area is 114 Å². The van der Waals surface area contributed by atoms with E-state index in [-0.39, 0.29) is 6.10 Å². The number of rotatable bonds is 5. The molecule has 2 atom stereocenters. The van der Waals surface area contributed by atoms with Crippen LogP contribution in [0, 0.1) is 0 Å². The monoisotopic (exact) mass is 283 g/mol. The highest BCUT2D eigenvalue weighted by atomic mass is 32.1. The van der Waals surface area contributed by atoms with Gasteiger partial charge in [0.25, 0.3) is 0 Å². The van der Waals surface area contributed by atoms with Crippen molar-refractivity contribution in [1.29, 1.82) is 0 Å². The molecule has 0 aromatic carbocycles. The molecule has 2 unspecified atom stereocenters. The maximum absolute atomic E-state index is 5.63. The molecule has 7 nitrogen and oxygen atoms in total. The summed E-state index contributed by atoms with van der Waals surface area (Å²) in [6.07, 6.45) is 1.70. The Bertz CT molecular complexity index is 544. The molecule has 3 heterocycles. The van der Waals surface area contributed by atoms with Crippen LogP contribution in [-0.4, -0.2) is 52.8 Å².